The Morgan fingerprint density at radius 3 is 1.67 bits per heavy atom. The van der Waals surface area contributed by atoms with Gasteiger partial charge >= 0.3 is 281 Å². The molecule has 1 atom stereocenters. The van der Waals surface area contributed by atoms with Crippen molar-refractivity contribution in [2.45, 2.75) is 75.7 Å². The van der Waals surface area contributed by atoms with E-state index in [9.17, 15) is 0 Å². The second-order valence-electron chi connectivity index (χ2n) is 14.2. The molecule has 0 spiro atoms. The number of fused-ring (bicyclic) bond motifs is 2. The average Bonchev–Trinajstić information content (AvgIpc) is 3.53. The van der Waals surface area contributed by atoms with Gasteiger partial charge in [-0.2, -0.15) is 0 Å². The molecule has 0 aliphatic heterocycles. The minimum Gasteiger partial charge on any atom is -1.00 e. The average molecular weight is 724 g/mol. The summed E-state index contributed by atoms with van der Waals surface area (Å²) in [4.78, 5) is 0. The van der Waals surface area contributed by atoms with E-state index in [4.69, 9.17) is 0 Å². The molecule has 235 valence electrons. The van der Waals surface area contributed by atoms with Gasteiger partial charge in [-0.05, 0) is 0 Å². The van der Waals surface area contributed by atoms with Gasteiger partial charge in [0.05, 0.1) is 0 Å². The van der Waals surface area contributed by atoms with E-state index in [2.05, 4.69) is 142 Å². The number of hydrogen-bond donors (Lipinski definition) is 0. The van der Waals surface area contributed by atoms with Crippen molar-refractivity contribution in [1.29, 1.82) is 0 Å². The second kappa shape index (κ2) is 13.6. The van der Waals surface area contributed by atoms with Gasteiger partial charge in [0.25, 0.3) is 0 Å². The van der Waals surface area contributed by atoms with Gasteiger partial charge < -0.3 is 24.8 Å². The van der Waals surface area contributed by atoms with Crippen LogP contribution in [0.1, 0.15) is 89.8 Å². The number of rotatable bonds is 4. The van der Waals surface area contributed by atoms with E-state index in [0.29, 0.717) is 5.92 Å². The number of halogens is 2. The molecule has 46 heavy (non-hydrogen) atoms. The first-order valence-corrected chi connectivity index (χ1v) is 17.4. The number of allylic oxidation sites excluding steroid dienone is 4. The molecule has 2 aliphatic carbocycles. The molecule has 6 rings (SSSR count). The first-order valence-electron chi connectivity index (χ1n) is 16.2. The molecule has 0 bridgehead atoms. The topological polar surface area (TPSA) is 0 Å². The van der Waals surface area contributed by atoms with Crippen LogP contribution in [0.15, 0.2) is 78.4 Å². The zero-order valence-corrected chi connectivity index (χ0v) is 32.9. The van der Waals surface area contributed by atoms with Crippen molar-refractivity contribution in [2.75, 3.05) is 0 Å². The Hall–Kier alpha value is -2.44. The van der Waals surface area contributed by atoms with Crippen LogP contribution in [0.2, 0.25) is 0 Å². The van der Waals surface area contributed by atoms with Crippen molar-refractivity contribution in [2.24, 2.45) is 11.3 Å². The summed E-state index contributed by atoms with van der Waals surface area (Å²) in [6, 6.07) is 23.3. The van der Waals surface area contributed by atoms with E-state index >= 15 is 0 Å². The molecule has 1 unspecified atom stereocenters. The summed E-state index contributed by atoms with van der Waals surface area (Å²) in [6.07, 6.45) is 6.21. The van der Waals surface area contributed by atoms with Gasteiger partial charge in [-0.25, -0.2) is 0 Å². The van der Waals surface area contributed by atoms with Gasteiger partial charge in [-0.3, -0.25) is 0 Å². The minimum absolute atomic E-state index is 0. The Morgan fingerprint density at radius 2 is 1.20 bits per heavy atom. The first kappa shape index (κ1) is 36.4. The van der Waals surface area contributed by atoms with E-state index in [-0.39, 0.29) is 30.2 Å². The van der Waals surface area contributed by atoms with Gasteiger partial charge in [-0.15, -0.1) is 0 Å². The van der Waals surface area contributed by atoms with E-state index < -0.39 is 0 Å². The van der Waals surface area contributed by atoms with E-state index in [0.717, 1.165) is 6.42 Å². The Balaban J connectivity index is 0.00000240. The van der Waals surface area contributed by atoms with Crippen LogP contribution in [-0.4, -0.2) is 0 Å². The van der Waals surface area contributed by atoms with Gasteiger partial charge in [0, 0.05) is 0 Å². The van der Waals surface area contributed by atoms with Gasteiger partial charge in [-0.1, -0.05) is 0 Å². The third-order valence-electron chi connectivity index (χ3n) is 10.1. The maximum Gasteiger partial charge on any atom is -1.00 e. The summed E-state index contributed by atoms with van der Waals surface area (Å²) in [5.74, 6) is 0.436. The van der Waals surface area contributed by atoms with Crippen molar-refractivity contribution in [3.05, 3.63) is 155 Å². The second-order valence-corrected chi connectivity index (χ2v) is 15.4. The molecule has 2 aliphatic rings. The molecular formula is C43H45Cl2Zr. The van der Waals surface area contributed by atoms with Crippen LogP contribution in [0.3, 0.4) is 0 Å². The fraction of sp³-hybridized carbons (Fsp3) is 0.302. The Bertz CT molecular complexity index is 2070. The molecule has 0 nitrogen and oxygen atoms in total. The molecule has 3 heteroatoms. The van der Waals surface area contributed by atoms with Crippen molar-refractivity contribution in [1.82, 2.24) is 0 Å². The summed E-state index contributed by atoms with van der Waals surface area (Å²) in [5.41, 5.74) is 18.1. The third kappa shape index (κ3) is 6.14. The standard InChI is InChI=1S/C43H45.2ClH.Zr/c1-11-31-22-35(43(8,9)10)24-37(31)39-29(6)30(7)40(42-36-21-28(5)27(4)20-34(36)23-38(39)42)41(32-16-12-25(2)13-17-32)33-18-14-26(3)15-19-33;;;/h12-22,24,31H,11H2,1-10H3;2*1H;/q;;;+2/p-2. The monoisotopic (exact) mass is 721 g/mol. The summed E-state index contributed by atoms with van der Waals surface area (Å²) < 4.78 is 1.50. The Morgan fingerprint density at radius 1 is 0.696 bits per heavy atom. The zero-order chi connectivity index (χ0) is 31.7. The van der Waals surface area contributed by atoms with Gasteiger partial charge in [0.2, 0.25) is 0 Å². The van der Waals surface area contributed by atoms with E-state index in [1.54, 1.807) is 0 Å². The Labute approximate surface area is 303 Å². The molecular weight excluding hydrogens is 679 g/mol. The SMILES string of the molecule is CCC1C=C(C(C)(C)C)C=C1c1c(C)c(C)c(=C(c2ccc(C)cc2)c2ccc(C)cc2)c2c1[C]([Zr+2])=c1cc(C)c(C)cc1=2.[Cl-].[Cl-]. The van der Waals surface area contributed by atoms with E-state index in [1.807, 2.05) is 0 Å². The fourth-order valence-corrected chi connectivity index (χ4v) is 8.27. The molecule has 4 aromatic rings. The molecule has 0 aromatic heterocycles. The van der Waals surface area contributed by atoms with Gasteiger partial charge in [0.15, 0.2) is 0 Å². The van der Waals surface area contributed by atoms with Crippen LogP contribution in [-0.2, 0) is 24.7 Å². The molecule has 0 fully saturated rings. The fourth-order valence-electron chi connectivity index (χ4n) is 7.14. The summed E-state index contributed by atoms with van der Waals surface area (Å²) >= 11 is 1.48. The van der Waals surface area contributed by atoms with Crippen LogP contribution in [0.4, 0.5) is 0 Å². The van der Waals surface area contributed by atoms with Crippen LogP contribution in [0, 0.1) is 63.3 Å². The normalized spacial score (nSPS) is 15.0. The van der Waals surface area contributed by atoms with Gasteiger partial charge in [0.1, 0.15) is 0 Å². The minimum atomic E-state index is 0. The van der Waals surface area contributed by atoms with Crippen LogP contribution in [0.25, 0.3) is 14.4 Å². The van der Waals surface area contributed by atoms with Crippen LogP contribution in [0.5, 0.6) is 0 Å². The smallest absolute Gasteiger partial charge is 1.00 e. The van der Waals surface area contributed by atoms with Crippen molar-refractivity contribution >= 4 is 14.4 Å². The molecule has 4 aromatic carbocycles. The third-order valence-corrected chi connectivity index (χ3v) is 11.4. The number of hydrogen-bond acceptors (Lipinski definition) is 0. The number of benzene rings is 4. The first-order chi connectivity index (χ1) is 20.8. The van der Waals surface area contributed by atoms with Crippen LogP contribution < -0.4 is 35.3 Å². The molecule has 0 heterocycles. The predicted molar refractivity (Wildman–Crippen MR) is 185 cm³/mol. The molecule has 0 saturated heterocycles. The zero-order valence-electron chi connectivity index (χ0n) is 29.0. The van der Waals surface area contributed by atoms with Crippen molar-refractivity contribution in [3.63, 3.8) is 0 Å². The maximum atomic E-state index is 2.56. The molecule has 0 N–H and O–H groups in total. The molecule has 0 saturated carbocycles. The largest absolute Gasteiger partial charge is 1.00 e. The number of aryl methyl sites for hydroxylation is 4. The van der Waals surface area contributed by atoms with Crippen molar-refractivity contribution in [3.8, 4) is 0 Å². The summed E-state index contributed by atoms with van der Waals surface area (Å²) in [7, 11) is 0. The quantitative estimate of drug-likeness (QED) is 0.303. The summed E-state index contributed by atoms with van der Waals surface area (Å²) in [6.45, 7) is 23.1. The summed E-state index contributed by atoms with van der Waals surface area (Å²) in [5, 5.41) is 5.66. The molecule has 0 amide bonds. The van der Waals surface area contributed by atoms with Crippen molar-refractivity contribution < 1.29 is 49.5 Å². The van der Waals surface area contributed by atoms with E-state index in [1.165, 1.54) is 121 Å². The molecule has 0 radical (unpaired) electrons. The maximum absolute atomic E-state index is 2.56. The predicted octanol–water partition coefficient (Wildman–Crippen LogP) is 3.49. The van der Waals surface area contributed by atoms with Crippen LogP contribution >= 0.6 is 0 Å². The Kier molecular flexibility index (Phi) is 10.8.